The average Bonchev–Trinajstić information content (AvgIpc) is 2.40. The molecule has 0 spiro atoms. The summed E-state index contributed by atoms with van der Waals surface area (Å²) in [5, 5.41) is 10.7. The Morgan fingerprint density at radius 3 is 2.44 bits per heavy atom. The van der Waals surface area contributed by atoms with Crippen LogP contribution in [0, 0.1) is 0 Å². The summed E-state index contributed by atoms with van der Waals surface area (Å²) >= 11 is 0. The third kappa shape index (κ3) is 1.85. The van der Waals surface area contributed by atoms with Gasteiger partial charge in [0, 0.05) is 5.41 Å². The molecule has 1 aromatic rings. The van der Waals surface area contributed by atoms with E-state index in [1.54, 1.807) is 0 Å². The number of allylic oxidation sites excluding steroid dienone is 1. The van der Waals surface area contributed by atoms with E-state index in [4.69, 9.17) is 4.74 Å². The van der Waals surface area contributed by atoms with Crippen molar-refractivity contribution in [2.75, 3.05) is 6.61 Å². The van der Waals surface area contributed by atoms with E-state index in [0.29, 0.717) is 0 Å². The average molecular weight is 244 g/mol. The van der Waals surface area contributed by atoms with Crippen LogP contribution >= 0.6 is 0 Å². The molecule has 1 saturated carbocycles. The molecule has 0 bridgehead atoms. The van der Waals surface area contributed by atoms with Crippen LogP contribution in [-0.4, -0.2) is 17.8 Å². The van der Waals surface area contributed by atoms with Crippen molar-refractivity contribution in [1.82, 2.24) is 0 Å². The van der Waals surface area contributed by atoms with Gasteiger partial charge in [-0.3, -0.25) is 0 Å². The highest BCUT2D eigenvalue weighted by Gasteiger charge is 2.47. The van der Waals surface area contributed by atoms with Crippen molar-refractivity contribution in [3.05, 3.63) is 47.7 Å². The Labute approximate surface area is 108 Å². The molecule has 2 heteroatoms. The molecule has 0 radical (unpaired) electrons. The molecule has 1 fully saturated rings. The molecule has 1 unspecified atom stereocenters. The minimum atomic E-state index is -0.478. The first kappa shape index (κ1) is 11.8. The monoisotopic (exact) mass is 244 g/mol. The lowest BCUT2D eigenvalue weighted by atomic mass is 9.60. The van der Waals surface area contributed by atoms with Gasteiger partial charge in [-0.1, -0.05) is 36.8 Å². The van der Waals surface area contributed by atoms with E-state index >= 15 is 0 Å². The van der Waals surface area contributed by atoms with E-state index in [0.717, 1.165) is 38.0 Å². The van der Waals surface area contributed by atoms with Crippen molar-refractivity contribution in [2.45, 2.75) is 43.6 Å². The molecule has 0 amide bonds. The van der Waals surface area contributed by atoms with Gasteiger partial charge in [-0.2, -0.15) is 0 Å². The van der Waals surface area contributed by atoms with Crippen LogP contribution in [-0.2, 0) is 10.2 Å². The lowest BCUT2D eigenvalue weighted by Crippen LogP contribution is -2.47. The van der Waals surface area contributed by atoms with Crippen molar-refractivity contribution in [3.63, 3.8) is 0 Å². The topological polar surface area (TPSA) is 29.5 Å². The lowest BCUT2D eigenvalue weighted by molar-refractivity contribution is 0.00315. The van der Waals surface area contributed by atoms with Crippen LogP contribution in [0.2, 0.25) is 0 Å². The summed E-state index contributed by atoms with van der Waals surface area (Å²) in [7, 11) is 0. The Hall–Kier alpha value is -1.28. The normalized spacial score (nSPS) is 23.5. The second-order valence-corrected chi connectivity index (χ2v) is 5.38. The number of aliphatic hydroxyl groups is 1. The molecule has 1 heterocycles. The van der Waals surface area contributed by atoms with Gasteiger partial charge in [-0.05, 0) is 37.3 Å². The minimum absolute atomic E-state index is 0.107. The van der Waals surface area contributed by atoms with E-state index in [2.05, 4.69) is 30.3 Å². The maximum absolute atomic E-state index is 10.7. The van der Waals surface area contributed by atoms with Crippen molar-refractivity contribution in [1.29, 1.82) is 0 Å². The van der Waals surface area contributed by atoms with Crippen molar-refractivity contribution >= 4 is 0 Å². The fourth-order valence-corrected chi connectivity index (χ4v) is 3.09. The quantitative estimate of drug-likeness (QED) is 0.885. The van der Waals surface area contributed by atoms with E-state index in [1.807, 2.05) is 6.07 Å². The van der Waals surface area contributed by atoms with Crippen LogP contribution in [0.1, 0.15) is 37.7 Å². The first-order valence-corrected chi connectivity index (χ1v) is 6.89. The molecule has 0 saturated heterocycles. The van der Waals surface area contributed by atoms with Crippen LogP contribution in [0.5, 0.6) is 0 Å². The van der Waals surface area contributed by atoms with Gasteiger partial charge in [-0.15, -0.1) is 0 Å². The fourth-order valence-electron chi connectivity index (χ4n) is 3.09. The van der Waals surface area contributed by atoms with E-state index in [9.17, 15) is 5.11 Å². The maximum Gasteiger partial charge on any atom is 0.121 e. The predicted octanol–water partition coefficient (Wildman–Crippen LogP) is 3.16. The number of rotatable bonds is 3. The van der Waals surface area contributed by atoms with Gasteiger partial charge >= 0.3 is 0 Å². The zero-order valence-corrected chi connectivity index (χ0v) is 10.6. The second-order valence-electron chi connectivity index (χ2n) is 5.38. The van der Waals surface area contributed by atoms with Gasteiger partial charge < -0.3 is 9.84 Å². The smallest absolute Gasteiger partial charge is 0.121 e. The molecular formula is C16H20O2. The molecule has 1 N–H and O–H groups in total. The molecule has 1 aliphatic carbocycles. The summed E-state index contributed by atoms with van der Waals surface area (Å²) in [6.45, 7) is 0.744. The SMILES string of the molecule is OC(C1=CCCCO1)C1(c2ccccc2)CCC1. The minimum Gasteiger partial charge on any atom is -0.495 e. The maximum atomic E-state index is 10.7. The Balaban J connectivity index is 1.90. The molecular weight excluding hydrogens is 224 g/mol. The van der Waals surface area contributed by atoms with Crippen molar-refractivity contribution in [3.8, 4) is 0 Å². The number of ether oxygens (including phenoxy) is 1. The molecule has 1 atom stereocenters. The van der Waals surface area contributed by atoms with Crippen LogP contribution in [0.25, 0.3) is 0 Å². The summed E-state index contributed by atoms with van der Waals surface area (Å²) < 4.78 is 5.65. The van der Waals surface area contributed by atoms with Gasteiger partial charge in [0.1, 0.15) is 11.9 Å². The highest BCUT2D eigenvalue weighted by atomic mass is 16.5. The lowest BCUT2D eigenvalue weighted by Gasteiger charge is -2.46. The zero-order valence-electron chi connectivity index (χ0n) is 10.6. The first-order valence-electron chi connectivity index (χ1n) is 6.89. The van der Waals surface area contributed by atoms with Crippen molar-refractivity contribution in [2.24, 2.45) is 0 Å². The second kappa shape index (κ2) is 4.77. The zero-order chi connectivity index (χ0) is 12.4. The van der Waals surface area contributed by atoms with Crippen LogP contribution in [0.3, 0.4) is 0 Å². The summed E-state index contributed by atoms with van der Waals surface area (Å²) in [5.41, 5.74) is 1.14. The largest absolute Gasteiger partial charge is 0.495 e. The first-order chi connectivity index (χ1) is 8.83. The standard InChI is InChI=1S/C16H20O2/c17-15(14-9-4-5-12-18-14)16(10-6-11-16)13-7-2-1-3-8-13/h1-3,7-9,15,17H,4-6,10-12H2. The molecule has 1 aromatic carbocycles. The molecule has 3 rings (SSSR count). The Morgan fingerprint density at radius 1 is 1.11 bits per heavy atom. The van der Waals surface area contributed by atoms with Crippen LogP contribution in [0.15, 0.2) is 42.2 Å². The summed E-state index contributed by atoms with van der Waals surface area (Å²) in [5.74, 6) is 0.796. The number of benzene rings is 1. The van der Waals surface area contributed by atoms with E-state index < -0.39 is 6.10 Å². The predicted molar refractivity (Wildman–Crippen MR) is 71.2 cm³/mol. The molecule has 18 heavy (non-hydrogen) atoms. The van der Waals surface area contributed by atoms with Crippen LogP contribution < -0.4 is 0 Å². The molecule has 2 nitrogen and oxygen atoms in total. The highest BCUT2D eigenvalue weighted by molar-refractivity contribution is 5.33. The van der Waals surface area contributed by atoms with Crippen LogP contribution in [0.4, 0.5) is 0 Å². The molecule has 1 aliphatic heterocycles. The van der Waals surface area contributed by atoms with Gasteiger partial charge in [0.25, 0.3) is 0 Å². The highest BCUT2D eigenvalue weighted by Crippen LogP contribution is 2.48. The van der Waals surface area contributed by atoms with Gasteiger partial charge in [-0.25, -0.2) is 0 Å². The molecule has 96 valence electrons. The van der Waals surface area contributed by atoms with Gasteiger partial charge in [0.2, 0.25) is 0 Å². The summed E-state index contributed by atoms with van der Waals surface area (Å²) in [4.78, 5) is 0. The molecule has 2 aliphatic rings. The number of hydrogen-bond donors (Lipinski definition) is 1. The van der Waals surface area contributed by atoms with Gasteiger partial charge in [0.05, 0.1) is 6.61 Å². The number of aliphatic hydroxyl groups excluding tert-OH is 1. The number of hydrogen-bond acceptors (Lipinski definition) is 2. The third-order valence-electron chi connectivity index (χ3n) is 4.35. The Bertz CT molecular complexity index is 432. The Kier molecular flexibility index (Phi) is 3.13. The summed E-state index contributed by atoms with van der Waals surface area (Å²) in [6.07, 6.45) is 6.98. The molecule has 0 aromatic heterocycles. The van der Waals surface area contributed by atoms with Gasteiger partial charge in [0.15, 0.2) is 0 Å². The van der Waals surface area contributed by atoms with Crippen molar-refractivity contribution < 1.29 is 9.84 Å². The van der Waals surface area contributed by atoms with E-state index in [-0.39, 0.29) is 5.41 Å². The summed E-state index contributed by atoms with van der Waals surface area (Å²) in [6, 6.07) is 10.4. The third-order valence-corrected chi connectivity index (χ3v) is 4.35. The Morgan fingerprint density at radius 2 is 1.89 bits per heavy atom. The fraction of sp³-hybridized carbons (Fsp3) is 0.500. The van der Waals surface area contributed by atoms with E-state index in [1.165, 1.54) is 12.0 Å².